The van der Waals surface area contributed by atoms with E-state index in [0.29, 0.717) is 0 Å². The second-order valence-electron chi connectivity index (χ2n) is 2.84. The summed E-state index contributed by atoms with van der Waals surface area (Å²) in [5, 5.41) is 5.24. The highest BCUT2D eigenvalue weighted by Gasteiger charge is 2.31. The van der Waals surface area contributed by atoms with Crippen molar-refractivity contribution in [2.24, 2.45) is 33.3 Å². The van der Waals surface area contributed by atoms with Gasteiger partial charge in [-0.25, -0.2) is 0 Å². The van der Waals surface area contributed by atoms with E-state index in [1.54, 1.807) is 0 Å². The first-order valence-corrected chi connectivity index (χ1v) is 3.67. The Morgan fingerprint density at radius 2 is 1.77 bits per heavy atom. The van der Waals surface area contributed by atoms with Crippen molar-refractivity contribution in [1.82, 2.24) is 0 Å². The van der Waals surface area contributed by atoms with Gasteiger partial charge in [-0.3, -0.25) is 17.2 Å². The molecule has 0 heterocycles. The number of nitrogens with zero attached hydrogens (tertiary/aromatic N) is 2. The fraction of sp³-hybridized carbons (Fsp3) is 1.00. The summed E-state index contributed by atoms with van der Waals surface area (Å²) >= 11 is 0. The number of hydrogen-bond donors (Lipinski definition) is 4. The van der Waals surface area contributed by atoms with Gasteiger partial charge in [0.15, 0.2) is 0 Å². The molecule has 13 heavy (non-hydrogen) atoms. The van der Waals surface area contributed by atoms with Crippen molar-refractivity contribution in [2.45, 2.75) is 24.3 Å². The van der Waals surface area contributed by atoms with E-state index in [-0.39, 0.29) is 13.0 Å². The van der Waals surface area contributed by atoms with E-state index in [4.69, 9.17) is 22.9 Å². The summed E-state index contributed by atoms with van der Waals surface area (Å²) in [6, 6.07) is -1.88. The Labute approximate surface area is 74.9 Å². The average molecular weight is 190 g/mol. The molecule has 2 unspecified atom stereocenters. The van der Waals surface area contributed by atoms with Crippen molar-refractivity contribution < 1.29 is 0 Å². The highest BCUT2D eigenvalue weighted by molar-refractivity contribution is 4.92. The van der Waals surface area contributed by atoms with Crippen molar-refractivity contribution in [3.63, 3.8) is 0 Å². The predicted octanol–water partition coefficient (Wildman–Crippen LogP) is -1.86. The molecule has 0 amide bonds. The summed E-state index contributed by atoms with van der Waals surface area (Å²) in [6.07, 6.45) is 0.0987. The number of nitroso groups, excluding NO2 is 2. The van der Waals surface area contributed by atoms with Crippen LogP contribution in [0, 0.1) is 9.81 Å². The molecule has 76 valence electrons. The standard InChI is InChI=1S/C5H14N6O2/c6-4(5(7,8)9)3(11-13)1-2-10-12/h3-4H,1-2,6-9H2. The molecule has 8 nitrogen and oxygen atoms in total. The normalized spacial score (nSPS) is 16.3. The van der Waals surface area contributed by atoms with Gasteiger partial charge < -0.3 is 5.73 Å². The highest BCUT2D eigenvalue weighted by atomic mass is 16.3. The molecule has 0 aliphatic rings. The van der Waals surface area contributed by atoms with Crippen molar-refractivity contribution >= 4 is 0 Å². The van der Waals surface area contributed by atoms with E-state index in [1.165, 1.54) is 0 Å². The van der Waals surface area contributed by atoms with Crippen LogP contribution in [-0.4, -0.2) is 24.4 Å². The molecule has 2 atom stereocenters. The van der Waals surface area contributed by atoms with Crippen LogP contribution in [0.2, 0.25) is 0 Å². The van der Waals surface area contributed by atoms with E-state index in [1.807, 2.05) is 0 Å². The zero-order valence-corrected chi connectivity index (χ0v) is 7.09. The summed E-state index contributed by atoms with van der Waals surface area (Å²) in [6.45, 7) is -0.0693. The molecule has 0 bridgehead atoms. The molecular weight excluding hydrogens is 176 g/mol. The molecule has 0 aromatic heterocycles. The number of nitrogens with two attached hydrogens (primary N) is 4. The van der Waals surface area contributed by atoms with Crippen LogP contribution >= 0.6 is 0 Å². The molecule has 0 saturated carbocycles. The van der Waals surface area contributed by atoms with E-state index < -0.39 is 17.9 Å². The minimum atomic E-state index is -1.68. The maximum Gasteiger partial charge on any atom is 0.133 e. The van der Waals surface area contributed by atoms with Crippen LogP contribution in [0.15, 0.2) is 10.4 Å². The molecule has 0 aliphatic heterocycles. The lowest BCUT2D eigenvalue weighted by Gasteiger charge is -2.29. The van der Waals surface area contributed by atoms with Gasteiger partial charge in [0, 0.05) is 0 Å². The van der Waals surface area contributed by atoms with Gasteiger partial charge in [0.2, 0.25) is 0 Å². The van der Waals surface area contributed by atoms with Crippen molar-refractivity contribution in [2.75, 3.05) is 6.54 Å². The molecule has 0 rings (SSSR count). The molecule has 0 radical (unpaired) electrons. The highest BCUT2D eigenvalue weighted by Crippen LogP contribution is 2.06. The Bertz CT molecular complexity index is 178. The average Bonchev–Trinajstić information content (AvgIpc) is 2.04. The maximum absolute atomic E-state index is 10.3. The summed E-state index contributed by atoms with van der Waals surface area (Å²) in [5.41, 5.74) is 21.2. The van der Waals surface area contributed by atoms with E-state index in [0.717, 1.165) is 0 Å². The third-order valence-corrected chi connectivity index (χ3v) is 1.64. The Morgan fingerprint density at radius 1 is 1.23 bits per heavy atom. The SMILES string of the molecule is NC(C(CCN=O)N=O)C(N)(N)N. The van der Waals surface area contributed by atoms with Crippen LogP contribution in [0.4, 0.5) is 0 Å². The Morgan fingerprint density at radius 3 is 2.08 bits per heavy atom. The van der Waals surface area contributed by atoms with Crippen LogP contribution in [0.3, 0.4) is 0 Å². The minimum Gasteiger partial charge on any atom is -0.322 e. The summed E-state index contributed by atoms with van der Waals surface area (Å²) < 4.78 is 0. The van der Waals surface area contributed by atoms with Gasteiger partial charge in [0.25, 0.3) is 0 Å². The maximum atomic E-state index is 10.3. The number of rotatable bonds is 6. The molecule has 0 saturated heterocycles. The Kier molecular flexibility index (Phi) is 4.56. The third kappa shape index (κ3) is 3.99. The van der Waals surface area contributed by atoms with Gasteiger partial charge in [-0.05, 0) is 6.42 Å². The molecule has 0 aliphatic carbocycles. The second-order valence-corrected chi connectivity index (χ2v) is 2.84. The van der Waals surface area contributed by atoms with E-state index in [9.17, 15) is 9.81 Å². The zero-order chi connectivity index (χ0) is 10.5. The van der Waals surface area contributed by atoms with Gasteiger partial charge in [-0.2, -0.15) is 9.81 Å². The monoisotopic (exact) mass is 190 g/mol. The lowest BCUT2D eigenvalue weighted by atomic mass is 10.0. The molecule has 0 fully saturated rings. The third-order valence-electron chi connectivity index (χ3n) is 1.64. The van der Waals surface area contributed by atoms with Crippen LogP contribution in [0.25, 0.3) is 0 Å². The molecule has 8 N–H and O–H groups in total. The first-order valence-electron chi connectivity index (χ1n) is 3.67. The quantitative estimate of drug-likeness (QED) is 0.283. The van der Waals surface area contributed by atoms with Crippen LogP contribution in [0.5, 0.6) is 0 Å². The van der Waals surface area contributed by atoms with Crippen molar-refractivity contribution in [3.8, 4) is 0 Å². The van der Waals surface area contributed by atoms with Gasteiger partial charge in [0.05, 0.1) is 12.6 Å². The van der Waals surface area contributed by atoms with Gasteiger partial charge in [-0.1, -0.05) is 10.4 Å². The minimum absolute atomic E-state index is 0.0693. The Balaban J connectivity index is 4.22. The van der Waals surface area contributed by atoms with Crippen LogP contribution in [0.1, 0.15) is 6.42 Å². The molecule has 0 aromatic rings. The smallest absolute Gasteiger partial charge is 0.133 e. The lowest BCUT2D eigenvalue weighted by Crippen LogP contribution is -2.72. The van der Waals surface area contributed by atoms with Gasteiger partial charge in [0.1, 0.15) is 11.8 Å². The lowest BCUT2D eigenvalue weighted by molar-refractivity contribution is 0.315. The van der Waals surface area contributed by atoms with Crippen LogP contribution in [-0.2, 0) is 0 Å². The topological polar surface area (TPSA) is 163 Å². The first kappa shape index (κ1) is 12.0. The molecule has 8 heteroatoms. The predicted molar refractivity (Wildman–Crippen MR) is 48.1 cm³/mol. The van der Waals surface area contributed by atoms with E-state index in [2.05, 4.69) is 10.4 Å². The zero-order valence-electron chi connectivity index (χ0n) is 7.09. The van der Waals surface area contributed by atoms with Crippen molar-refractivity contribution in [3.05, 3.63) is 9.81 Å². The summed E-state index contributed by atoms with van der Waals surface area (Å²) in [5.74, 6) is -1.68. The summed E-state index contributed by atoms with van der Waals surface area (Å²) in [4.78, 5) is 20.0. The Hall–Kier alpha value is -0.960. The van der Waals surface area contributed by atoms with Gasteiger partial charge >= 0.3 is 0 Å². The van der Waals surface area contributed by atoms with Crippen LogP contribution < -0.4 is 22.9 Å². The van der Waals surface area contributed by atoms with E-state index >= 15 is 0 Å². The fourth-order valence-electron chi connectivity index (χ4n) is 0.816. The number of hydrogen-bond acceptors (Lipinski definition) is 8. The molecule has 0 spiro atoms. The molecular formula is C5H14N6O2. The first-order chi connectivity index (χ1) is 5.93. The van der Waals surface area contributed by atoms with Crippen molar-refractivity contribution in [1.29, 1.82) is 0 Å². The molecule has 0 aromatic carbocycles. The second kappa shape index (κ2) is 4.92. The van der Waals surface area contributed by atoms with Gasteiger partial charge in [-0.15, -0.1) is 0 Å². The summed E-state index contributed by atoms with van der Waals surface area (Å²) in [7, 11) is 0. The largest absolute Gasteiger partial charge is 0.322 e. The fourth-order valence-corrected chi connectivity index (χ4v) is 0.816.